The summed E-state index contributed by atoms with van der Waals surface area (Å²) in [6.45, 7) is 0. The molecule has 0 spiro atoms. The van der Waals surface area contributed by atoms with Gasteiger partial charge >= 0.3 is 6.18 Å². The summed E-state index contributed by atoms with van der Waals surface area (Å²) in [6.07, 6.45) is -5.98. The van der Waals surface area contributed by atoms with E-state index in [0.29, 0.717) is 6.07 Å². The molecule has 16 heavy (non-hydrogen) atoms. The Morgan fingerprint density at radius 3 is 2.44 bits per heavy atom. The molecule has 0 saturated heterocycles. The molecule has 0 bridgehead atoms. The third kappa shape index (κ3) is 2.58. The van der Waals surface area contributed by atoms with E-state index < -0.39 is 23.7 Å². The van der Waals surface area contributed by atoms with Crippen molar-refractivity contribution in [3.63, 3.8) is 0 Å². The standard InChI is InChI=1S/C9H9ClF3NO2/c1-16-8(15)4-2-7(14)5(3-6(4)10)9(11,12)13/h2-3,8,15H,14H2,1H3. The predicted octanol–water partition coefficient (Wildman–Crippen LogP) is 2.58. The van der Waals surface area contributed by atoms with Gasteiger partial charge in [-0.15, -0.1) is 0 Å². The largest absolute Gasteiger partial charge is 0.418 e. The lowest BCUT2D eigenvalue weighted by Crippen LogP contribution is -2.11. The van der Waals surface area contributed by atoms with Gasteiger partial charge in [0.25, 0.3) is 0 Å². The number of nitrogen functional groups attached to an aromatic ring is 1. The minimum absolute atomic E-state index is 0.00494. The fraction of sp³-hybridized carbons (Fsp3) is 0.333. The van der Waals surface area contributed by atoms with Crippen LogP contribution in [0.3, 0.4) is 0 Å². The van der Waals surface area contributed by atoms with Crippen LogP contribution in [0.2, 0.25) is 5.02 Å². The molecular formula is C9H9ClF3NO2. The Morgan fingerprint density at radius 2 is 2.00 bits per heavy atom. The van der Waals surface area contributed by atoms with Gasteiger partial charge in [-0.2, -0.15) is 13.2 Å². The maximum atomic E-state index is 12.4. The first-order valence-corrected chi connectivity index (χ1v) is 4.52. The maximum Gasteiger partial charge on any atom is 0.418 e. The van der Waals surface area contributed by atoms with Crippen LogP contribution in [0, 0.1) is 0 Å². The molecule has 1 rings (SSSR count). The van der Waals surface area contributed by atoms with E-state index in [1.54, 1.807) is 0 Å². The molecule has 1 atom stereocenters. The number of aliphatic hydroxyl groups is 1. The van der Waals surface area contributed by atoms with Crippen LogP contribution in [0.4, 0.5) is 18.9 Å². The molecule has 0 radical (unpaired) electrons. The summed E-state index contributed by atoms with van der Waals surface area (Å²) in [5.41, 5.74) is 3.67. The van der Waals surface area contributed by atoms with Crippen molar-refractivity contribution in [1.29, 1.82) is 0 Å². The van der Waals surface area contributed by atoms with Crippen molar-refractivity contribution in [1.82, 2.24) is 0 Å². The first-order valence-electron chi connectivity index (χ1n) is 4.14. The monoisotopic (exact) mass is 255 g/mol. The zero-order chi connectivity index (χ0) is 12.5. The molecule has 1 unspecified atom stereocenters. The lowest BCUT2D eigenvalue weighted by Gasteiger charge is -2.15. The van der Waals surface area contributed by atoms with Crippen LogP contribution in [0.15, 0.2) is 12.1 Å². The van der Waals surface area contributed by atoms with E-state index in [9.17, 15) is 18.3 Å². The highest BCUT2D eigenvalue weighted by atomic mass is 35.5. The van der Waals surface area contributed by atoms with Crippen LogP contribution >= 0.6 is 11.6 Å². The van der Waals surface area contributed by atoms with Gasteiger partial charge < -0.3 is 15.6 Å². The second kappa shape index (κ2) is 4.48. The SMILES string of the molecule is COC(O)c1cc(N)c(C(F)(F)F)cc1Cl. The number of benzene rings is 1. The van der Waals surface area contributed by atoms with Crippen molar-refractivity contribution in [2.24, 2.45) is 0 Å². The van der Waals surface area contributed by atoms with Gasteiger partial charge in [0.05, 0.1) is 5.56 Å². The molecule has 90 valence electrons. The highest BCUT2D eigenvalue weighted by Gasteiger charge is 2.34. The van der Waals surface area contributed by atoms with Crippen molar-refractivity contribution in [2.75, 3.05) is 12.8 Å². The van der Waals surface area contributed by atoms with Crippen molar-refractivity contribution in [3.05, 3.63) is 28.3 Å². The van der Waals surface area contributed by atoms with Crippen molar-refractivity contribution in [2.45, 2.75) is 12.5 Å². The summed E-state index contributed by atoms with van der Waals surface area (Å²) < 4.78 is 41.8. The third-order valence-electron chi connectivity index (χ3n) is 1.96. The Kier molecular flexibility index (Phi) is 3.67. The summed E-state index contributed by atoms with van der Waals surface area (Å²) in [7, 11) is 1.19. The van der Waals surface area contributed by atoms with Gasteiger partial charge in [0.15, 0.2) is 6.29 Å². The first kappa shape index (κ1) is 13.1. The fourth-order valence-corrected chi connectivity index (χ4v) is 1.43. The Bertz CT molecular complexity index is 395. The van der Waals surface area contributed by atoms with E-state index in [0.717, 1.165) is 6.07 Å². The molecular weight excluding hydrogens is 247 g/mol. The smallest absolute Gasteiger partial charge is 0.398 e. The second-order valence-electron chi connectivity index (χ2n) is 3.05. The van der Waals surface area contributed by atoms with Gasteiger partial charge in [0, 0.05) is 23.4 Å². The average Bonchev–Trinajstić information content (AvgIpc) is 2.18. The summed E-state index contributed by atoms with van der Waals surface area (Å²) in [6, 6.07) is 1.60. The minimum atomic E-state index is -4.58. The van der Waals surface area contributed by atoms with Crippen LogP contribution < -0.4 is 5.73 Å². The zero-order valence-corrected chi connectivity index (χ0v) is 8.93. The number of rotatable bonds is 2. The molecule has 0 aliphatic heterocycles. The number of anilines is 1. The summed E-state index contributed by atoms with van der Waals surface area (Å²) in [4.78, 5) is 0. The molecule has 1 aromatic rings. The number of ether oxygens (including phenoxy) is 1. The van der Waals surface area contributed by atoms with Crippen molar-refractivity contribution in [3.8, 4) is 0 Å². The average molecular weight is 256 g/mol. The van der Waals surface area contributed by atoms with Crippen LogP contribution in [0.1, 0.15) is 17.4 Å². The van der Waals surface area contributed by atoms with E-state index in [2.05, 4.69) is 4.74 Å². The van der Waals surface area contributed by atoms with Crippen LogP contribution in [-0.2, 0) is 10.9 Å². The number of aliphatic hydroxyl groups excluding tert-OH is 1. The number of hydrogen-bond donors (Lipinski definition) is 2. The molecule has 0 aromatic heterocycles. The van der Waals surface area contributed by atoms with Gasteiger partial charge in [-0.3, -0.25) is 0 Å². The molecule has 0 aliphatic rings. The molecule has 0 amide bonds. The van der Waals surface area contributed by atoms with E-state index >= 15 is 0 Å². The Morgan fingerprint density at radius 1 is 1.44 bits per heavy atom. The molecule has 0 heterocycles. The maximum absolute atomic E-state index is 12.4. The van der Waals surface area contributed by atoms with Gasteiger partial charge in [-0.1, -0.05) is 11.6 Å². The fourth-order valence-electron chi connectivity index (χ4n) is 1.17. The highest BCUT2D eigenvalue weighted by molar-refractivity contribution is 6.31. The summed E-state index contributed by atoms with van der Waals surface area (Å²) in [5, 5.41) is 9.03. The summed E-state index contributed by atoms with van der Waals surface area (Å²) in [5.74, 6) is 0. The molecule has 0 fully saturated rings. The third-order valence-corrected chi connectivity index (χ3v) is 2.29. The van der Waals surface area contributed by atoms with Gasteiger partial charge in [0.2, 0.25) is 0 Å². The van der Waals surface area contributed by atoms with Gasteiger partial charge in [0.1, 0.15) is 0 Å². The second-order valence-corrected chi connectivity index (χ2v) is 3.45. The van der Waals surface area contributed by atoms with Crippen LogP contribution in [0.25, 0.3) is 0 Å². The van der Waals surface area contributed by atoms with E-state index in [1.165, 1.54) is 7.11 Å². The Labute approximate surface area is 94.6 Å². The molecule has 1 aromatic carbocycles. The predicted molar refractivity (Wildman–Crippen MR) is 52.8 cm³/mol. The minimum Gasteiger partial charge on any atom is -0.398 e. The quantitative estimate of drug-likeness (QED) is 0.631. The number of alkyl halides is 3. The molecule has 0 saturated carbocycles. The van der Waals surface area contributed by atoms with Crippen molar-refractivity contribution >= 4 is 17.3 Å². The molecule has 3 nitrogen and oxygen atoms in total. The number of hydrogen-bond acceptors (Lipinski definition) is 3. The lowest BCUT2D eigenvalue weighted by atomic mass is 10.1. The number of methoxy groups -OCH3 is 1. The zero-order valence-electron chi connectivity index (χ0n) is 8.18. The lowest BCUT2D eigenvalue weighted by molar-refractivity contribution is -0.137. The summed E-state index contributed by atoms with van der Waals surface area (Å²) >= 11 is 5.59. The van der Waals surface area contributed by atoms with Gasteiger partial charge in [-0.25, -0.2) is 0 Å². The first-order chi connectivity index (χ1) is 7.27. The normalized spacial score (nSPS) is 13.9. The number of nitrogens with two attached hydrogens (primary N) is 1. The molecule has 0 aliphatic carbocycles. The van der Waals surface area contributed by atoms with Crippen LogP contribution in [0.5, 0.6) is 0 Å². The molecule has 7 heteroatoms. The Balaban J connectivity index is 3.28. The topological polar surface area (TPSA) is 55.5 Å². The van der Waals surface area contributed by atoms with E-state index in [1.807, 2.05) is 0 Å². The van der Waals surface area contributed by atoms with E-state index in [4.69, 9.17) is 17.3 Å². The number of halogens is 4. The van der Waals surface area contributed by atoms with Crippen LogP contribution in [-0.4, -0.2) is 12.2 Å². The van der Waals surface area contributed by atoms with Gasteiger partial charge in [-0.05, 0) is 12.1 Å². The highest BCUT2D eigenvalue weighted by Crippen LogP contribution is 2.38. The van der Waals surface area contributed by atoms with E-state index in [-0.39, 0.29) is 10.6 Å². The molecule has 3 N–H and O–H groups in total. The Hall–Kier alpha value is -0.980. The van der Waals surface area contributed by atoms with Crippen molar-refractivity contribution < 1.29 is 23.0 Å².